The Balaban J connectivity index is 2.12. The summed E-state index contributed by atoms with van der Waals surface area (Å²) in [4.78, 5) is 11.3. The van der Waals surface area contributed by atoms with Crippen LogP contribution in [0.3, 0.4) is 0 Å². The Morgan fingerprint density at radius 3 is 3.00 bits per heavy atom. The number of aliphatic carboxylic acids is 1. The van der Waals surface area contributed by atoms with E-state index in [1.54, 1.807) is 0 Å². The molecule has 1 saturated carbocycles. The van der Waals surface area contributed by atoms with E-state index in [-0.39, 0.29) is 17.3 Å². The number of fused-ring (bicyclic) bond motifs is 2. The fraction of sp³-hybridized carbons (Fsp3) is 0.462. The molecule has 3 rings (SSSR count). The van der Waals surface area contributed by atoms with E-state index in [0.29, 0.717) is 6.61 Å². The van der Waals surface area contributed by atoms with Crippen molar-refractivity contribution in [2.45, 2.75) is 18.8 Å². The lowest BCUT2D eigenvalue weighted by molar-refractivity contribution is -0.139. The third-order valence-electron chi connectivity index (χ3n) is 4.24. The third-order valence-corrected chi connectivity index (χ3v) is 4.91. The molecule has 1 aliphatic carbocycles. The lowest BCUT2D eigenvalue weighted by Gasteiger charge is -2.27. The maximum Gasteiger partial charge on any atom is 0.307 e. The first-order chi connectivity index (χ1) is 8.07. The number of ether oxygens (including phenoxy) is 1. The van der Waals surface area contributed by atoms with Gasteiger partial charge in [0.25, 0.3) is 0 Å². The Morgan fingerprint density at radius 1 is 1.59 bits per heavy atom. The summed E-state index contributed by atoms with van der Waals surface area (Å²) >= 11 is 2.26. The summed E-state index contributed by atoms with van der Waals surface area (Å²) in [6.45, 7) is 2.66. The van der Waals surface area contributed by atoms with Crippen LogP contribution in [0.25, 0.3) is 0 Å². The third kappa shape index (κ3) is 1.42. The van der Waals surface area contributed by atoms with Crippen molar-refractivity contribution < 1.29 is 14.6 Å². The Bertz CT molecular complexity index is 499. The molecule has 3 unspecified atom stereocenters. The zero-order valence-electron chi connectivity index (χ0n) is 9.44. The smallest absolute Gasteiger partial charge is 0.307 e. The average Bonchev–Trinajstić information content (AvgIpc) is 2.86. The van der Waals surface area contributed by atoms with Gasteiger partial charge in [-0.2, -0.15) is 0 Å². The van der Waals surface area contributed by atoms with E-state index in [0.717, 1.165) is 21.3 Å². The first kappa shape index (κ1) is 11.3. The van der Waals surface area contributed by atoms with Crippen molar-refractivity contribution in [3.05, 3.63) is 27.3 Å². The van der Waals surface area contributed by atoms with Gasteiger partial charge in [-0.15, -0.1) is 0 Å². The van der Waals surface area contributed by atoms with Crippen LogP contribution in [0.15, 0.2) is 18.2 Å². The minimum absolute atomic E-state index is 0.180. The average molecular weight is 344 g/mol. The second kappa shape index (κ2) is 3.60. The maximum atomic E-state index is 11.3. The highest BCUT2D eigenvalue weighted by Crippen LogP contribution is 2.65. The molecule has 3 atom stereocenters. The van der Waals surface area contributed by atoms with Crippen LogP contribution in [0, 0.1) is 15.4 Å². The SMILES string of the molecule is CC1C(C(=O)O)C12CCOc1ccc(I)cc12. The number of carbonyl (C=O) groups is 1. The van der Waals surface area contributed by atoms with Crippen LogP contribution in [0.1, 0.15) is 18.9 Å². The minimum atomic E-state index is -0.677. The summed E-state index contributed by atoms with van der Waals surface area (Å²) in [5.74, 6) is 0.153. The van der Waals surface area contributed by atoms with Gasteiger partial charge in [-0.05, 0) is 53.1 Å². The molecule has 1 aromatic carbocycles. The summed E-state index contributed by atoms with van der Waals surface area (Å²) in [5, 5.41) is 9.29. The summed E-state index contributed by atoms with van der Waals surface area (Å²) in [5.41, 5.74) is 0.913. The number of benzene rings is 1. The number of halogens is 1. The molecule has 0 amide bonds. The lowest BCUT2D eigenvalue weighted by Crippen LogP contribution is -2.24. The first-order valence-electron chi connectivity index (χ1n) is 5.73. The Labute approximate surface area is 113 Å². The van der Waals surface area contributed by atoms with Gasteiger partial charge in [-0.3, -0.25) is 4.79 Å². The summed E-state index contributed by atoms with van der Waals surface area (Å²) in [7, 11) is 0. The van der Waals surface area contributed by atoms with Crippen LogP contribution in [0.5, 0.6) is 5.75 Å². The van der Waals surface area contributed by atoms with E-state index in [4.69, 9.17) is 4.74 Å². The van der Waals surface area contributed by atoms with Gasteiger partial charge in [0.1, 0.15) is 5.75 Å². The van der Waals surface area contributed by atoms with Gasteiger partial charge in [-0.1, -0.05) is 6.92 Å². The van der Waals surface area contributed by atoms with Gasteiger partial charge in [0.15, 0.2) is 0 Å². The van der Waals surface area contributed by atoms with Gasteiger partial charge in [0.2, 0.25) is 0 Å². The minimum Gasteiger partial charge on any atom is -0.493 e. The molecule has 0 saturated heterocycles. The van der Waals surface area contributed by atoms with Crippen molar-refractivity contribution in [2.75, 3.05) is 6.61 Å². The zero-order chi connectivity index (χ0) is 12.2. The molecule has 0 radical (unpaired) electrons. The summed E-state index contributed by atoms with van der Waals surface area (Å²) in [6.07, 6.45) is 0.818. The molecular formula is C13H13IO3. The number of carboxylic acid groups (broad SMARTS) is 1. The summed E-state index contributed by atoms with van der Waals surface area (Å²) < 4.78 is 6.77. The zero-order valence-corrected chi connectivity index (χ0v) is 11.6. The Morgan fingerprint density at radius 2 is 2.35 bits per heavy atom. The van der Waals surface area contributed by atoms with Gasteiger partial charge >= 0.3 is 5.97 Å². The molecule has 0 bridgehead atoms. The first-order valence-corrected chi connectivity index (χ1v) is 6.81. The van der Waals surface area contributed by atoms with Gasteiger partial charge in [-0.25, -0.2) is 0 Å². The molecule has 1 aliphatic heterocycles. The molecule has 1 N–H and O–H groups in total. The molecule has 1 fully saturated rings. The van der Waals surface area contributed by atoms with E-state index in [2.05, 4.69) is 28.7 Å². The highest BCUT2D eigenvalue weighted by atomic mass is 127. The van der Waals surface area contributed by atoms with Crippen molar-refractivity contribution in [1.29, 1.82) is 0 Å². The molecule has 1 spiro atoms. The second-order valence-electron chi connectivity index (χ2n) is 4.88. The normalized spacial score (nSPS) is 34.0. The number of carboxylic acids is 1. The van der Waals surface area contributed by atoms with Crippen molar-refractivity contribution in [1.82, 2.24) is 0 Å². The highest BCUT2D eigenvalue weighted by Gasteiger charge is 2.68. The molecular weight excluding hydrogens is 331 g/mol. The van der Waals surface area contributed by atoms with Crippen molar-refractivity contribution in [2.24, 2.45) is 11.8 Å². The van der Waals surface area contributed by atoms with Crippen molar-refractivity contribution in [3.63, 3.8) is 0 Å². The number of hydrogen-bond acceptors (Lipinski definition) is 2. The van der Waals surface area contributed by atoms with E-state index in [1.165, 1.54) is 0 Å². The molecule has 17 heavy (non-hydrogen) atoms. The number of rotatable bonds is 1. The monoisotopic (exact) mass is 344 g/mol. The van der Waals surface area contributed by atoms with Crippen LogP contribution in [-0.4, -0.2) is 17.7 Å². The molecule has 1 aromatic rings. The fourth-order valence-corrected chi connectivity index (χ4v) is 3.81. The molecule has 90 valence electrons. The van der Waals surface area contributed by atoms with Crippen LogP contribution in [-0.2, 0) is 10.2 Å². The maximum absolute atomic E-state index is 11.3. The summed E-state index contributed by atoms with van der Waals surface area (Å²) in [6, 6.07) is 6.04. The van der Waals surface area contributed by atoms with Crippen molar-refractivity contribution in [3.8, 4) is 5.75 Å². The van der Waals surface area contributed by atoms with Gasteiger partial charge in [0, 0.05) is 14.5 Å². The molecule has 2 aliphatic rings. The van der Waals surface area contributed by atoms with Gasteiger partial charge in [0.05, 0.1) is 12.5 Å². The Kier molecular flexibility index (Phi) is 2.40. The second-order valence-corrected chi connectivity index (χ2v) is 6.13. The van der Waals surface area contributed by atoms with Crippen LogP contribution >= 0.6 is 22.6 Å². The van der Waals surface area contributed by atoms with Crippen LogP contribution < -0.4 is 4.74 Å². The van der Waals surface area contributed by atoms with E-state index >= 15 is 0 Å². The van der Waals surface area contributed by atoms with E-state index < -0.39 is 5.97 Å². The Hall–Kier alpha value is -0.780. The van der Waals surface area contributed by atoms with E-state index in [9.17, 15) is 9.90 Å². The standard InChI is InChI=1S/C13H13IO3/c1-7-11(12(15)16)13(7)4-5-17-10-3-2-8(14)6-9(10)13/h2-3,6-7,11H,4-5H2,1H3,(H,15,16). The lowest BCUT2D eigenvalue weighted by atomic mass is 9.86. The molecule has 3 nitrogen and oxygen atoms in total. The van der Waals surface area contributed by atoms with Gasteiger partial charge < -0.3 is 9.84 Å². The van der Waals surface area contributed by atoms with E-state index in [1.807, 2.05) is 19.1 Å². The largest absolute Gasteiger partial charge is 0.493 e. The quantitative estimate of drug-likeness (QED) is 0.797. The highest BCUT2D eigenvalue weighted by molar-refractivity contribution is 14.1. The molecule has 4 heteroatoms. The predicted molar refractivity (Wildman–Crippen MR) is 71.2 cm³/mol. The van der Waals surface area contributed by atoms with Crippen LogP contribution in [0.2, 0.25) is 0 Å². The van der Waals surface area contributed by atoms with Crippen LogP contribution in [0.4, 0.5) is 0 Å². The predicted octanol–water partition coefficient (Wildman–Crippen LogP) is 2.66. The topological polar surface area (TPSA) is 46.5 Å². The fourth-order valence-electron chi connectivity index (χ4n) is 3.32. The molecule has 0 aromatic heterocycles. The van der Waals surface area contributed by atoms with Crippen molar-refractivity contribution >= 4 is 28.6 Å². The molecule has 1 heterocycles. The number of hydrogen-bond donors (Lipinski definition) is 1.